The van der Waals surface area contributed by atoms with Crippen LogP contribution >= 0.6 is 23.2 Å². The van der Waals surface area contributed by atoms with Crippen molar-refractivity contribution < 1.29 is 0 Å². The normalized spacial score (nSPS) is 11.1. The van der Waals surface area contributed by atoms with Gasteiger partial charge in [0.2, 0.25) is 0 Å². The fourth-order valence-corrected chi connectivity index (χ4v) is 2.03. The molecule has 0 saturated carbocycles. The van der Waals surface area contributed by atoms with Gasteiger partial charge in [0, 0.05) is 11.1 Å². The highest BCUT2D eigenvalue weighted by atomic mass is 35.5. The molecule has 3 nitrogen and oxygen atoms in total. The molecule has 2 N–H and O–H groups in total. The second-order valence-electron chi connectivity index (χ2n) is 4.16. The summed E-state index contributed by atoms with van der Waals surface area (Å²) in [6.07, 6.45) is 0. The lowest BCUT2D eigenvalue weighted by atomic mass is 10.1. The molecule has 5 heteroatoms. The molecule has 2 aromatic rings. The second kappa shape index (κ2) is 4.59. The number of rotatable bonds is 2. The topological polar surface area (TPSA) is 43.8 Å². The van der Waals surface area contributed by atoms with Gasteiger partial charge in [0.25, 0.3) is 0 Å². The third-order valence-corrected chi connectivity index (χ3v) is 3.02. The molecule has 0 radical (unpaired) electrons. The van der Waals surface area contributed by atoms with Gasteiger partial charge in [-0.05, 0) is 24.1 Å². The van der Waals surface area contributed by atoms with Gasteiger partial charge in [-0.2, -0.15) is 5.10 Å². The number of hydrogen-bond acceptors (Lipinski definition) is 2. The Bertz CT molecular complexity index is 547. The van der Waals surface area contributed by atoms with Crippen molar-refractivity contribution >= 4 is 29.0 Å². The van der Waals surface area contributed by atoms with Crippen molar-refractivity contribution in [2.24, 2.45) is 0 Å². The number of aromatic nitrogens is 2. The Morgan fingerprint density at radius 1 is 1.24 bits per heavy atom. The lowest BCUT2D eigenvalue weighted by Crippen LogP contribution is -2.02. The van der Waals surface area contributed by atoms with E-state index in [-0.39, 0.29) is 0 Å². The van der Waals surface area contributed by atoms with E-state index in [1.165, 1.54) is 0 Å². The Morgan fingerprint density at radius 2 is 1.94 bits per heavy atom. The molecule has 1 heterocycles. The largest absolute Gasteiger partial charge is 0.384 e. The first-order valence-corrected chi connectivity index (χ1v) is 6.05. The van der Waals surface area contributed by atoms with E-state index in [4.69, 9.17) is 28.9 Å². The maximum atomic E-state index is 6.12. The molecule has 0 unspecified atom stereocenters. The first-order chi connectivity index (χ1) is 7.99. The van der Waals surface area contributed by atoms with Crippen LogP contribution in [0.1, 0.15) is 25.5 Å². The van der Waals surface area contributed by atoms with Gasteiger partial charge in [-0.3, -0.25) is 0 Å². The summed E-state index contributed by atoms with van der Waals surface area (Å²) in [4.78, 5) is 0. The molecule has 90 valence electrons. The van der Waals surface area contributed by atoms with Gasteiger partial charge >= 0.3 is 0 Å². The third-order valence-electron chi connectivity index (χ3n) is 2.49. The number of anilines is 1. The molecule has 0 aliphatic carbocycles. The van der Waals surface area contributed by atoms with E-state index < -0.39 is 0 Å². The number of nitrogens with zero attached hydrogens (tertiary/aromatic N) is 2. The Kier molecular flexibility index (Phi) is 3.31. The van der Waals surface area contributed by atoms with Crippen molar-refractivity contribution in [2.75, 3.05) is 5.73 Å². The number of hydrogen-bond donors (Lipinski definition) is 1. The van der Waals surface area contributed by atoms with Gasteiger partial charge < -0.3 is 5.73 Å². The predicted molar refractivity (Wildman–Crippen MR) is 72.1 cm³/mol. The number of nitrogen functional groups attached to an aromatic ring is 1. The minimum absolute atomic E-state index is 0.324. The van der Waals surface area contributed by atoms with E-state index in [2.05, 4.69) is 18.9 Å². The molecular weight excluding hydrogens is 257 g/mol. The maximum absolute atomic E-state index is 6.12. The zero-order chi connectivity index (χ0) is 12.6. The van der Waals surface area contributed by atoms with Gasteiger partial charge in [0.1, 0.15) is 5.82 Å². The van der Waals surface area contributed by atoms with Gasteiger partial charge in [-0.1, -0.05) is 37.0 Å². The van der Waals surface area contributed by atoms with Crippen LogP contribution in [-0.4, -0.2) is 9.78 Å². The van der Waals surface area contributed by atoms with Crippen LogP contribution in [-0.2, 0) is 0 Å². The summed E-state index contributed by atoms with van der Waals surface area (Å²) >= 11 is 12.0. The third kappa shape index (κ3) is 2.40. The summed E-state index contributed by atoms with van der Waals surface area (Å²) < 4.78 is 1.63. The Hall–Kier alpha value is -1.19. The summed E-state index contributed by atoms with van der Waals surface area (Å²) in [5.74, 6) is 0.891. The molecule has 0 spiro atoms. The van der Waals surface area contributed by atoms with Gasteiger partial charge in [-0.15, -0.1) is 0 Å². The van der Waals surface area contributed by atoms with Crippen LogP contribution in [0, 0.1) is 0 Å². The Balaban J connectivity index is 2.52. The first kappa shape index (κ1) is 12.3. The van der Waals surface area contributed by atoms with Gasteiger partial charge in [0.05, 0.1) is 16.4 Å². The highest BCUT2D eigenvalue weighted by Crippen LogP contribution is 2.27. The molecule has 1 aromatic carbocycles. The van der Waals surface area contributed by atoms with Crippen LogP contribution in [0.4, 0.5) is 5.82 Å². The van der Waals surface area contributed by atoms with Crippen molar-refractivity contribution in [3.05, 3.63) is 40.0 Å². The molecule has 17 heavy (non-hydrogen) atoms. The van der Waals surface area contributed by atoms with Crippen molar-refractivity contribution in [3.63, 3.8) is 0 Å². The summed E-state index contributed by atoms with van der Waals surface area (Å²) in [5, 5.41) is 5.56. The lowest BCUT2D eigenvalue weighted by Gasteiger charge is -2.06. The highest BCUT2D eigenvalue weighted by molar-refractivity contribution is 6.35. The van der Waals surface area contributed by atoms with Gasteiger partial charge in [0.15, 0.2) is 0 Å². The SMILES string of the molecule is CC(C)c1cc(N)n(-c2ccc(Cl)cc2Cl)n1. The quantitative estimate of drug-likeness (QED) is 0.899. The van der Waals surface area contributed by atoms with Crippen molar-refractivity contribution in [1.29, 1.82) is 0 Å². The number of benzene rings is 1. The fraction of sp³-hybridized carbons (Fsp3) is 0.250. The van der Waals surface area contributed by atoms with Crippen molar-refractivity contribution in [1.82, 2.24) is 9.78 Å². The van der Waals surface area contributed by atoms with Crippen molar-refractivity contribution in [2.45, 2.75) is 19.8 Å². The molecule has 0 fully saturated rings. The average molecular weight is 270 g/mol. The van der Waals surface area contributed by atoms with E-state index in [0.717, 1.165) is 11.4 Å². The van der Waals surface area contributed by atoms with Crippen LogP contribution < -0.4 is 5.73 Å². The van der Waals surface area contributed by atoms with E-state index in [9.17, 15) is 0 Å². The molecule has 0 saturated heterocycles. The number of nitrogens with two attached hydrogens (primary N) is 1. The second-order valence-corrected chi connectivity index (χ2v) is 5.00. The Morgan fingerprint density at radius 3 is 2.47 bits per heavy atom. The lowest BCUT2D eigenvalue weighted by molar-refractivity contribution is 0.771. The first-order valence-electron chi connectivity index (χ1n) is 5.30. The minimum Gasteiger partial charge on any atom is -0.384 e. The zero-order valence-electron chi connectivity index (χ0n) is 9.61. The minimum atomic E-state index is 0.324. The molecule has 0 amide bonds. The molecular formula is C12H13Cl2N3. The molecule has 0 bridgehead atoms. The van der Waals surface area contributed by atoms with E-state index >= 15 is 0 Å². The monoisotopic (exact) mass is 269 g/mol. The molecule has 2 rings (SSSR count). The molecule has 0 aliphatic heterocycles. The van der Waals surface area contributed by atoms with Crippen LogP contribution in [0.3, 0.4) is 0 Å². The van der Waals surface area contributed by atoms with Crippen LogP contribution in [0.5, 0.6) is 0 Å². The summed E-state index contributed by atoms with van der Waals surface area (Å²) in [6, 6.07) is 7.10. The number of halogens is 2. The summed E-state index contributed by atoms with van der Waals surface area (Å²) in [5.41, 5.74) is 7.60. The van der Waals surface area contributed by atoms with Crippen LogP contribution in [0.15, 0.2) is 24.3 Å². The molecule has 0 aliphatic rings. The van der Waals surface area contributed by atoms with Gasteiger partial charge in [-0.25, -0.2) is 4.68 Å². The van der Waals surface area contributed by atoms with Crippen LogP contribution in [0.25, 0.3) is 5.69 Å². The zero-order valence-corrected chi connectivity index (χ0v) is 11.1. The summed E-state index contributed by atoms with van der Waals surface area (Å²) in [6.45, 7) is 4.13. The molecule has 1 aromatic heterocycles. The Labute approximate surface area is 110 Å². The van der Waals surface area contributed by atoms with Crippen molar-refractivity contribution in [3.8, 4) is 5.69 Å². The standard InChI is InChI=1S/C12H13Cl2N3/c1-7(2)10-6-12(15)17(16-10)11-4-3-8(13)5-9(11)14/h3-7H,15H2,1-2H3. The predicted octanol–water partition coefficient (Wildman–Crippen LogP) is 3.88. The highest BCUT2D eigenvalue weighted by Gasteiger charge is 2.12. The van der Waals surface area contributed by atoms with E-state index in [1.54, 1.807) is 22.9 Å². The summed E-state index contributed by atoms with van der Waals surface area (Å²) in [7, 11) is 0. The maximum Gasteiger partial charge on any atom is 0.127 e. The smallest absolute Gasteiger partial charge is 0.127 e. The molecule has 0 atom stereocenters. The average Bonchev–Trinajstić information content (AvgIpc) is 2.61. The van der Waals surface area contributed by atoms with E-state index in [1.807, 2.05) is 6.07 Å². The van der Waals surface area contributed by atoms with Crippen LogP contribution in [0.2, 0.25) is 10.0 Å². The van der Waals surface area contributed by atoms with E-state index in [0.29, 0.717) is 21.8 Å². The fourth-order valence-electron chi connectivity index (χ4n) is 1.54.